The molecule has 0 saturated carbocycles. The van der Waals surface area contributed by atoms with Gasteiger partial charge in [-0.1, -0.05) is 12.1 Å². The summed E-state index contributed by atoms with van der Waals surface area (Å²) in [5, 5.41) is 0. The lowest BCUT2D eigenvalue weighted by Gasteiger charge is -2.11. The van der Waals surface area contributed by atoms with Gasteiger partial charge in [0.2, 0.25) is 0 Å². The molecule has 0 amide bonds. The minimum atomic E-state index is -3.80. The van der Waals surface area contributed by atoms with Gasteiger partial charge in [0, 0.05) is 12.0 Å². The Bertz CT molecular complexity index is 787. The summed E-state index contributed by atoms with van der Waals surface area (Å²) >= 11 is 0. The van der Waals surface area contributed by atoms with Crippen molar-refractivity contribution in [3.05, 3.63) is 59.7 Å². The summed E-state index contributed by atoms with van der Waals surface area (Å²) in [5.41, 5.74) is 0.628. The summed E-state index contributed by atoms with van der Waals surface area (Å²) in [7, 11) is -3.80. The Kier molecular flexibility index (Phi) is 3.41. The fourth-order valence-electron chi connectivity index (χ4n) is 2.41. The van der Waals surface area contributed by atoms with Crippen LogP contribution in [0.2, 0.25) is 0 Å². The molecule has 0 spiro atoms. The van der Waals surface area contributed by atoms with Crippen LogP contribution in [0.1, 0.15) is 5.56 Å². The van der Waals surface area contributed by atoms with Crippen molar-refractivity contribution >= 4 is 9.84 Å². The maximum Gasteiger partial charge on any atom is 0.184 e. The zero-order chi connectivity index (χ0) is 15.0. The minimum Gasteiger partial charge on any atom is -0.489 e. The van der Waals surface area contributed by atoms with E-state index < -0.39 is 27.6 Å². The van der Waals surface area contributed by atoms with Gasteiger partial charge in [-0.2, -0.15) is 0 Å². The molecule has 0 bridgehead atoms. The predicted molar refractivity (Wildman–Crippen MR) is 73.0 cm³/mol. The first-order chi connectivity index (χ1) is 9.95. The van der Waals surface area contributed by atoms with Crippen LogP contribution in [0.3, 0.4) is 0 Å². The van der Waals surface area contributed by atoms with E-state index in [1.165, 1.54) is 36.4 Å². The number of hydrogen-bond acceptors (Lipinski definition) is 3. The molecule has 0 aliphatic carbocycles. The van der Waals surface area contributed by atoms with Crippen LogP contribution in [0.25, 0.3) is 0 Å². The van der Waals surface area contributed by atoms with Gasteiger partial charge in [0.25, 0.3) is 0 Å². The van der Waals surface area contributed by atoms with Gasteiger partial charge in [0.1, 0.15) is 28.4 Å². The van der Waals surface area contributed by atoms with E-state index in [0.29, 0.717) is 17.7 Å². The third-order valence-corrected chi connectivity index (χ3v) is 5.15. The molecule has 0 aromatic heterocycles. The van der Waals surface area contributed by atoms with Crippen molar-refractivity contribution in [2.45, 2.75) is 17.4 Å². The molecule has 1 heterocycles. The first-order valence-corrected chi connectivity index (χ1v) is 8.03. The lowest BCUT2D eigenvalue weighted by molar-refractivity contribution is 0.256. The van der Waals surface area contributed by atoms with Gasteiger partial charge < -0.3 is 4.74 Å². The number of ether oxygens (including phenoxy) is 1. The Morgan fingerprint density at radius 3 is 2.67 bits per heavy atom. The molecule has 21 heavy (non-hydrogen) atoms. The Morgan fingerprint density at radius 2 is 1.90 bits per heavy atom. The molecule has 0 radical (unpaired) electrons. The Labute approximate surface area is 121 Å². The molecule has 1 aliphatic rings. The number of fused-ring (bicyclic) bond motifs is 1. The standard InChI is InChI=1S/C15H12F2O3S/c16-11-5-6-14-10(7-11)8-12(20-14)9-21(18,19)15-4-2-1-3-13(15)17/h1-7,12H,8-9H2. The summed E-state index contributed by atoms with van der Waals surface area (Å²) < 4.78 is 56.7. The third-order valence-electron chi connectivity index (χ3n) is 3.34. The average molecular weight is 310 g/mol. The third kappa shape index (κ3) is 2.76. The van der Waals surface area contributed by atoms with Crippen LogP contribution in [0.5, 0.6) is 5.75 Å². The van der Waals surface area contributed by atoms with Crippen LogP contribution in [-0.4, -0.2) is 20.3 Å². The van der Waals surface area contributed by atoms with Crippen LogP contribution in [-0.2, 0) is 16.3 Å². The van der Waals surface area contributed by atoms with Crippen LogP contribution in [0, 0.1) is 11.6 Å². The normalized spacial score (nSPS) is 17.3. The molecule has 0 fully saturated rings. The first-order valence-electron chi connectivity index (χ1n) is 6.38. The molecule has 1 aliphatic heterocycles. The van der Waals surface area contributed by atoms with Crippen LogP contribution < -0.4 is 4.74 Å². The van der Waals surface area contributed by atoms with E-state index in [1.807, 2.05) is 0 Å². The summed E-state index contributed by atoms with van der Waals surface area (Å²) in [5.74, 6) is -1.04. The molecule has 110 valence electrons. The SMILES string of the molecule is O=S(=O)(CC1Cc2cc(F)ccc2O1)c1ccccc1F. The van der Waals surface area contributed by atoms with Gasteiger partial charge in [0.05, 0.1) is 5.75 Å². The lowest BCUT2D eigenvalue weighted by atomic mass is 10.1. The number of sulfone groups is 1. The van der Waals surface area contributed by atoms with Crippen LogP contribution in [0.15, 0.2) is 47.4 Å². The van der Waals surface area contributed by atoms with Gasteiger partial charge in [-0.3, -0.25) is 0 Å². The van der Waals surface area contributed by atoms with Gasteiger partial charge in [0.15, 0.2) is 9.84 Å². The molecule has 1 atom stereocenters. The number of rotatable bonds is 3. The van der Waals surface area contributed by atoms with Crippen molar-refractivity contribution in [1.29, 1.82) is 0 Å². The van der Waals surface area contributed by atoms with Crippen molar-refractivity contribution < 1.29 is 21.9 Å². The maximum absolute atomic E-state index is 13.6. The van der Waals surface area contributed by atoms with E-state index in [2.05, 4.69) is 0 Å². The molecule has 2 aromatic carbocycles. The summed E-state index contributed by atoms with van der Waals surface area (Å²) in [6.07, 6.45) is -0.341. The highest BCUT2D eigenvalue weighted by Gasteiger charge is 2.30. The van der Waals surface area contributed by atoms with Gasteiger partial charge in [-0.15, -0.1) is 0 Å². The summed E-state index contributed by atoms with van der Waals surface area (Å²) in [4.78, 5) is -0.337. The second kappa shape index (κ2) is 5.11. The molecule has 3 nitrogen and oxygen atoms in total. The highest BCUT2D eigenvalue weighted by Crippen LogP contribution is 2.30. The number of benzene rings is 2. The number of halogens is 2. The quantitative estimate of drug-likeness (QED) is 0.875. The van der Waals surface area contributed by atoms with Crippen LogP contribution in [0.4, 0.5) is 8.78 Å². The Balaban J connectivity index is 1.81. The summed E-state index contributed by atoms with van der Waals surface area (Å²) in [6.45, 7) is 0. The minimum absolute atomic E-state index is 0.292. The zero-order valence-corrected chi connectivity index (χ0v) is 11.7. The van der Waals surface area contributed by atoms with Crippen molar-refractivity contribution in [2.75, 3.05) is 5.75 Å². The molecule has 2 aromatic rings. The van der Waals surface area contributed by atoms with Crippen molar-refractivity contribution in [2.24, 2.45) is 0 Å². The zero-order valence-electron chi connectivity index (χ0n) is 10.9. The fourth-order valence-corrected chi connectivity index (χ4v) is 3.92. The monoisotopic (exact) mass is 310 g/mol. The van der Waals surface area contributed by atoms with E-state index >= 15 is 0 Å². The average Bonchev–Trinajstić information content (AvgIpc) is 2.79. The van der Waals surface area contributed by atoms with E-state index in [1.54, 1.807) is 0 Å². The molecule has 1 unspecified atom stereocenters. The van der Waals surface area contributed by atoms with Crippen LogP contribution >= 0.6 is 0 Å². The topological polar surface area (TPSA) is 43.4 Å². The second-order valence-corrected chi connectivity index (χ2v) is 6.91. The molecular weight excluding hydrogens is 298 g/mol. The molecule has 6 heteroatoms. The fraction of sp³-hybridized carbons (Fsp3) is 0.200. The molecule has 0 saturated heterocycles. The first kappa shape index (κ1) is 14.0. The highest BCUT2D eigenvalue weighted by atomic mass is 32.2. The molecule has 3 rings (SSSR count). The van der Waals surface area contributed by atoms with E-state index in [9.17, 15) is 17.2 Å². The number of hydrogen-bond donors (Lipinski definition) is 0. The van der Waals surface area contributed by atoms with E-state index in [-0.39, 0.29) is 10.6 Å². The smallest absolute Gasteiger partial charge is 0.184 e. The predicted octanol–water partition coefficient (Wildman–Crippen LogP) is 2.74. The van der Waals surface area contributed by atoms with E-state index in [4.69, 9.17) is 4.74 Å². The highest BCUT2D eigenvalue weighted by molar-refractivity contribution is 7.91. The van der Waals surface area contributed by atoms with Gasteiger partial charge >= 0.3 is 0 Å². The van der Waals surface area contributed by atoms with Crippen molar-refractivity contribution in [3.63, 3.8) is 0 Å². The van der Waals surface area contributed by atoms with Gasteiger partial charge in [-0.25, -0.2) is 17.2 Å². The van der Waals surface area contributed by atoms with Crippen molar-refractivity contribution in [1.82, 2.24) is 0 Å². The van der Waals surface area contributed by atoms with E-state index in [0.717, 1.165) is 6.07 Å². The van der Waals surface area contributed by atoms with Gasteiger partial charge in [-0.05, 0) is 30.3 Å². The maximum atomic E-state index is 13.6. The summed E-state index contributed by atoms with van der Waals surface area (Å²) in [6, 6.07) is 9.28. The molecule has 0 N–H and O–H groups in total. The lowest BCUT2D eigenvalue weighted by Crippen LogP contribution is -2.25. The molecular formula is C15H12F2O3S. The second-order valence-electron chi connectivity index (χ2n) is 4.91. The van der Waals surface area contributed by atoms with Crippen molar-refractivity contribution in [3.8, 4) is 5.75 Å². The largest absolute Gasteiger partial charge is 0.489 e. The Morgan fingerprint density at radius 1 is 1.14 bits per heavy atom. The Hall–Kier alpha value is -1.95.